The summed E-state index contributed by atoms with van der Waals surface area (Å²) in [5, 5.41) is 20.0. The second kappa shape index (κ2) is 18.9. The summed E-state index contributed by atoms with van der Waals surface area (Å²) in [5.41, 5.74) is -1.21. The van der Waals surface area contributed by atoms with Crippen LogP contribution in [0.3, 0.4) is 0 Å². The summed E-state index contributed by atoms with van der Waals surface area (Å²) in [6.45, 7) is 3.86. The number of carbonyl (C=O) groups excluding carboxylic acids is 6. The number of ketones is 1. The van der Waals surface area contributed by atoms with Crippen LogP contribution < -0.4 is 15.4 Å². The lowest BCUT2D eigenvalue weighted by atomic mass is 10.0. The van der Waals surface area contributed by atoms with Gasteiger partial charge in [-0.25, -0.2) is 9.69 Å². The molecule has 2 aromatic carbocycles. The summed E-state index contributed by atoms with van der Waals surface area (Å²) in [6, 6.07) is 8.22. The van der Waals surface area contributed by atoms with Gasteiger partial charge >= 0.3 is 18.1 Å². The first-order valence-electron chi connectivity index (χ1n) is 19.1. The van der Waals surface area contributed by atoms with E-state index in [2.05, 4.69) is 15.7 Å². The second-order valence-corrected chi connectivity index (χ2v) is 15.7. The van der Waals surface area contributed by atoms with Gasteiger partial charge in [-0.2, -0.15) is 18.3 Å². The highest BCUT2D eigenvalue weighted by atomic mass is 35.5. The summed E-state index contributed by atoms with van der Waals surface area (Å²) in [4.78, 5) is 92.4. The molecule has 0 unspecified atom stereocenters. The molecule has 5 rings (SSSR count). The number of nitrogens with one attached hydrogen (secondary N) is 2. The highest BCUT2D eigenvalue weighted by Crippen LogP contribution is 2.33. The molecule has 16 nitrogen and oxygen atoms in total. The topological polar surface area (TPSA) is 207 Å². The van der Waals surface area contributed by atoms with E-state index in [0.29, 0.717) is 23.9 Å². The molecule has 2 saturated heterocycles. The van der Waals surface area contributed by atoms with Crippen molar-refractivity contribution in [1.29, 1.82) is 0 Å². The third-order valence-corrected chi connectivity index (χ3v) is 9.69. The summed E-state index contributed by atoms with van der Waals surface area (Å²) in [7, 11) is 0. The Bertz CT molecular complexity index is 2100. The number of hydrazine groups is 1. The van der Waals surface area contributed by atoms with Gasteiger partial charge < -0.3 is 25.2 Å². The zero-order valence-electron chi connectivity index (χ0n) is 32.9. The highest BCUT2D eigenvalue weighted by Gasteiger charge is 2.45. The monoisotopic (exact) mass is 860 g/mol. The van der Waals surface area contributed by atoms with Gasteiger partial charge in [-0.3, -0.25) is 38.6 Å². The van der Waals surface area contributed by atoms with E-state index >= 15 is 0 Å². The molecule has 3 N–H and O–H groups in total. The Morgan fingerprint density at radius 3 is 2.32 bits per heavy atom. The number of fused-ring (bicyclic) bond motifs is 1. The number of rotatable bonds is 15. The van der Waals surface area contributed by atoms with Gasteiger partial charge in [0.2, 0.25) is 17.7 Å². The van der Waals surface area contributed by atoms with Gasteiger partial charge in [-0.15, -0.1) is 0 Å². The van der Waals surface area contributed by atoms with Crippen LogP contribution in [-0.4, -0.2) is 103 Å². The molecule has 0 radical (unpaired) electrons. The Morgan fingerprint density at radius 1 is 1.00 bits per heavy atom. The lowest BCUT2D eigenvalue weighted by Crippen LogP contribution is -2.64. The molecule has 20 heteroatoms. The molecule has 0 bridgehead atoms. The number of aromatic nitrogens is 2. The first-order chi connectivity index (χ1) is 28.2. The molecule has 3 heterocycles. The van der Waals surface area contributed by atoms with Gasteiger partial charge in [0.05, 0.1) is 12.1 Å². The van der Waals surface area contributed by atoms with Crippen LogP contribution in [0.15, 0.2) is 54.6 Å². The van der Waals surface area contributed by atoms with E-state index in [1.807, 2.05) is 0 Å². The van der Waals surface area contributed by atoms with E-state index < -0.39 is 95.9 Å². The van der Waals surface area contributed by atoms with Crippen LogP contribution in [0.5, 0.6) is 5.88 Å². The van der Waals surface area contributed by atoms with Crippen molar-refractivity contribution >= 4 is 53.0 Å². The zero-order valence-corrected chi connectivity index (χ0v) is 33.7. The number of hydrogen-bond donors (Lipinski definition) is 3. The number of carboxylic acid groups (broad SMARTS) is 1. The molecule has 3 aromatic rings. The minimum atomic E-state index is -4.88. The summed E-state index contributed by atoms with van der Waals surface area (Å²) in [6.07, 6.45) is -4.69. The van der Waals surface area contributed by atoms with Crippen molar-refractivity contribution in [3.63, 3.8) is 0 Å². The zero-order chi connectivity index (χ0) is 43.9. The molecule has 1 aromatic heterocycles. The molecular formula is C40H44ClF3N6O10. The molecule has 3 atom stereocenters. The third-order valence-electron chi connectivity index (χ3n) is 9.44. The Labute approximate surface area is 347 Å². The number of esters is 1. The van der Waals surface area contributed by atoms with Crippen LogP contribution in [0, 0.1) is 0 Å². The molecule has 0 saturated carbocycles. The van der Waals surface area contributed by atoms with Gasteiger partial charge in [0.1, 0.15) is 23.7 Å². The predicted molar refractivity (Wildman–Crippen MR) is 206 cm³/mol. The fourth-order valence-corrected chi connectivity index (χ4v) is 6.72. The first kappa shape index (κ1) is 45.1. The number of aryl methyl sites for hydroxylation is 1. The average molecular weight is 861 g/mol. The lowest BCUT2D eigenvalue weighted by Gasteiger charge is -2.43. The Morgan fingerprint density at radius 2 is 1.68 bits per heavy atom. The Balaban J connectivity index is 1.34. The molecule has 322 valence electrons. The number of benzene rings is 2. The number of hydrogen-bond acceptors (Lipinski definition) is 10. The second-order valence-electron chi connectivity index (χ2n) is 15.2. The van der Waals surface area contributed by atoms with Crippen LogP contribution in [0.1, 0.15) is 87.3 Å². The molecule has 2 fully saturated rings. The summed E-state index contributed by atoms with van der Waals surface area (Å²) in [5.74, 6) is -6.09. The van der Waals surface area contributed by atoms with Crippen LogP contribution in [0.2, 0.25) is 5.02 Å². The van der Waals surface area contributed by atoms with Gasteiger partial charge in [-0.05, 0) is 94.8 Å². The van der Waals surface area contributed by atoms with E-state index in [9.17, 15) is 46.7 Å². The number of nitrogens with zero attached hydrogens (tertiary/aromatic N) is 4. The van der Waals surface area contributed by atoms with Crippen molar-refractivity contribution in [3.05, 3.63) is 76.4 Å². The van der Waals surface area contributed by atoms with E-state index in [0.717, 1.165) is 20.3 Å². The SMILES string of the molecule is CC(C)(C)OC(=O)C[C@H](NC(=O)[C@@H]1CCCN2C(=O)CC[C@H](NC(=O)c3ccc(CCCC(=O)O)cc3)C(=O)N12)C(=O)COc1cc(C(F)(F)F)nn1-c1ccc(Cl)cc1. The third kappa shape index (κ3) is 11.8. The van der Waals surface area contributed by atoms with E-state index in [1.165, 1.54) is 36.4 Å². The normalized spacial score (nSPS) is 17.6. The number of ether oxygens (including phenoxy) is 2. The summed E-state index contributed by atoms with van der Waals surface area (Å²) >= 11 is 5.94. The maximum Gasteiger partial charge on any atom is 0.435 e. The van der Waals surface area contributed by atoms with Gasteiger partial charge in [0, 0.05) is 36.0 Å². The van der Waals surface area contributed by atoms with Gasteiger partial charge in [0.15, 0.2) is 18.1 Å². The predicted octanol–water partition coefficient (Wildman–Crippen LogP) is 4.44. The molecule has 4 amide bonds. The van der Waals surface area contributed by atoms with Crippen molar-refractivity contribution in [2.24, 2.45) is 0 Å². The fourth-order valence-electron chi connectivity index (χ4n) is 6.60. The van der Waals surface area contributed by atoms with Crippen LogP contribution in [-0.2, 0) is 46.1 Å². The number of Topliss-reactive ketones (excluding diaryl/α,β-unsaturated/α-hetero) is 1. The van der Waals surface area contributed by atoms with Crippen molar-refractivity contribution in [1.82, 2.24) is 30.4 Å². The maximum absolute atomic E-state index is 14.1. The number of halogens is 4. The quantitative estimate of drug-likeness (QED) is 0.182. The molecule has 2 aliphatic heterocycles. The number of carbonyl (C=O) groups is 7. The van der Waals surface area contributed by atoms with Gasteiger partial charge in [0.25, 0.3) is 11.8 Å². The van der Waals surface area contributed by atoms with Gasteiger partial charge in [-0.1, -0.05) is 23.7 Å². The minimum Gasteiger partial charge on any atom is -0.481 e. The van der Waals surface area contributed by atoms with E-state index in [-0.39, 0.29) is 49.9 Å². The number of aliphatic carboxylic acids is 1. The number of carboxylic acids is 1. The number of alkyl halides is 3. The molecule has 2 aliphatic rings. The Kier molecular flexibility index (Phi) is 14.2. The highest BCUT2D eigenvalue weighted by molar-refractivity contribution is 6.30. The minimum absolute atomic E-state index is 0.0135. The lowest BCUT2D eigenvalue weighted by molar-refractivity contribution is -0.176. The van der Waals surface area contributed by atoms with Crippen molar-refractivity contribution in [3.8, 4) is 11.6 Å². The maximum atomic E-state index is 14.1. The Hall–Kier alpha value is -5.98. The van der Waals surface area contributed by atoms with Crippen LogP contribution >= 0.6 is 11.6 Å². The van der Waals surface area contributed by atoms with Crippen LogP contribution in [0.25, 0.3) is 5.69 Å². The smallest absolute Gasteiger partial charge is 0.435 e. The van der Waals surface area contributed by atoms with E-state index in [4.69, 9.17) is 26.2 Å². The van der Waals surface area contributed by atoms with Crippen molar-refractivity contribution in [2.75, 3.05) is 13.2 Å². The first-order valence-corrected chi connectivity index (χ1v) is 19.4. The molecule has 60 heavy (non-hydrogen) atoms. The molecular weight excluding hydrogens is 817 g/mol. The largest absolute Gasteiger partial charge is 0.481 e. The van der Waals surface area contributed by atoms with Crippen molar-refractivity contribution < 1.29 is 61.3 Å². The van der Waals surface area contributed by atoms with Crippen molar-refractivity contribution in [2.45, 2.75) is 102 Å². The average Bonchev–Trinajstić information content (AvgIpc) is 3.58. The number of amides is 4. The summed E-state index contributed by atoms with van der Waals surface area (Å²) < 4.78 is 52.8. The standard InChI is InChI=1S/C40H44ClF3N6O10/c1-39(2,3)60-35(55)20-28(30(51)22-59-33-21-31(40(42,43)44)47-49(33)26-15-13-25(41)14-16-26)46-37(57)29-7-5-19-48-32(52)18-17-27(38(58)50(29)48)45-36(56)24-11-9-23(10-12-24)6-4-8-34(53)54/h9-16,21,27-29H,4-8,17-20,22H2,1-3H3,(H,45,56)(H,46,57)(H,53,54)/t27-,28-,29-/m0/s1. The molecule has 0 spiro atoms. The van der Waals surface area contributed by atoms with E-state index in [1.54, 1.807) is 32.9 Å². The molecule has 0 aliphatic carbocycles. The van der Waals surface area contributed by atoms with Crippen LogP contribution in [0.4, 0.5) is 13.2 Å². The fraction of sp³-hybridized carbons (Fsp3) is 0.450.